The number of rotatable bonds is 5. The Bertz CT molecular complexity index is 506. The van der Waals surface area contributed by atoms with Crippen LogP contribution in [0.2, 0.25) is 0 Å². The largest absolute Gasteiger partial charge is 0.323 e. The smallest absolute Gasteiger partial charge is 0.154 e. The van der Waals surface area contributed by atoms with Crippen molar-refractivity contribution in [1.82, 2.24) is 0 Å². The molecule has 0 heterocycles. The van der Waals surface area contributed by atoms with Crippen LogP contribution < -0.4 is 5.73 Å². The summed E-state index contributed by atoms with van der Waals surface area (Å²) in [5, 5.41) is 0. The van der Waals surface area contributed by atoms with Crippen LogP contribution in [0.25, 0.3) is 0 Å². The van der Waals surface area contributed by atoms with Gasteiger partial charge in [-0.25, -0.2) is 8.42 Å². The monoisotopic (exact) mass is 269 g/mol. The highest BCUT2D eigenvalue weighted by molar-refractivity contribution is 7.92. The normalized spacial score (nSPS) is 14.5. The molecule has 0 bridgehead atoms. The number of hydrogen-bond donors (Lipinski definition) is 1. The van der Waals surface area contributed by atoms with Gasteiger partial charge in [0.05, 0.1) is 4.75 Å². The molecule has 0 spiro atoms. The number of hydrogen-bond acceptors (Lipinski definition) is 3. The summed E-state index contributed by atoms with van der Waals surface area (Å²) < 4.78 is 22.6. The molecule has 18 heavy (non-hydrogen) atoms. The zero-order chi connectivity index (χ0) is 14.0. The molecule has 1 unspecified atom stereocenters. The second-order valence-electron chi connectivity index (χ2n) is 5.35. The Hall–Kier alpha value is -0.870. The van der Waals surface area contributed by atoms with E-state index in [1.165, 1.54) is 11.8 Å². The lowest BCUT2D eigenvalue weighted by atomic mass is 9.94. The topological polar surface area (TPSA) is 60.2 Å². The van der Waals surface area contributed by atoms with Gasteiger partial charge in [0.1, 0.15) is 0 Å². The molecule has 1 aromatic rings. The van der Waals surface area contributed by atoms with Crippen LogP contribution in [0.15, 0.2) is 24.3 Å². The molecule has 0 fully saturated rings. The molecule has 1 atom stereocenters. The molecule has 1 aromatic carbocycles. The molecule has 0 aliphatic carbocycles. The molecule has 0 aliphatic heterocycles. The summed E-state index contributed by atoms with van der Waals surface area (Å²) in [6, 6.07) is 7.40. The third-order valence-corrected chi connectivity index (χ3v) is 5.72. The quantitative estimate of drug-likeness (QED) is 0.893. The molecule has 2 N–H and O–H groups in total. The maximum atomic E-state index is 11.8. The van der Waals surface area contributed by atoms with Gasteiger partial charge in [-0.2, -0.15) is 0 Å². The molecule has 0 saturated heterocycles. The molecule has 1 rings (SSSR count). The van der Waals surface area contributed by atoms with Gasteiger partial charge in [-0.1, -0.05) is 37.6 Å². The SMILES string of the molecule is CCCc1cccc(C(N)C(C)(C)S(C)(=O)=O)c1. The van der Waals surface area contributed by atoms with Crippen molar-refractivity contribution in [2.45, 2.75) is 44.4 Å². The van der Waals surface area contributed by atoms with E-state index in [1.54, 1.807) is 13.8 Å². The first kappa shape index (κ1) is 15.2. The minimum absolute atomic E-state index is 0.510. The summed E-state index contributed by atoms with van der Waals surface area (Å²) in [6.07, 6.45) is 3.29. The van der Waals surface area contributed by atoms with Crippen LogP contribution in [0.4, 0.5) is 0 Å². The Morgan fingerprint density at radius 3 is 2.44 bits per heavy atom. The third-order valence-electron chi connectivity index (χ3n) is 3.55. The molecule has 0 amide bonds. The Balaban J connectivity index is 3.11. The van der Waals surface area contributed by atoms with Gasteiger partial charge >= 0.3 is 0 Å². The van der Waals surface area contributed by atoms with Crippen molar-refractivity contribution in [2.24, 2.45) is 5.73 Å². The van der Waals surface area contributed by atoms with Gasteiger partial charge in [0.25, 0.3) is 0 Å². The van der Waals surface area contributed by atoms with Crippen molar-refractivity contribution in [3.8, 4) is 0 Å². The third kappa shape index (κ3) is 3.12. The van der Waals surface area contributed by atoms with Crippen molar-refractivity contribution in [1.29, 1.82) is 0 Å². The number of nitrogens with two attached hydrogens (primary N) is 1. The van der Waals surface area contributed by atoms with Crippen molar-refractivity contribution in [2.75, 3.05) is 6.26 Å². The van der Waals surface area contributed by atoms with Gasteiger partial charge in [-0.05, 0) is 31.4 Å². The number of aryl methyl sites for hydroxylation is 1. The fourth-order valence-corrected chi connectivity index (χ4v) is 2.46. The van der Waals surface area contributed by atoms with Crippen molar-refractivity contribution < 1.29 is 8.42 Å². The fourth-order valence-electron chi connectivity index (χ4n) is 1.86. The standard InChI is InChI=1S/C14H23NO2S/c1-5-7-11-8-6-9-12(10-11)13(15)14(2,3)18(4,16)17/h6,8-10,13H,5,7,15H2,1-4H3. The van der Waals surface area contributed by atoms with Crippen molar-refractivity contribution >= 4 is 9.84 Å². The van der Waals surface area contributed by atoms with Crippen molar-refractivity contribution in [3.63, 3.8) is 0 Å². The van der Waals surface area contributed by atoms with Crippen LogP contribution in [0.5, 0.6) is 0 Å². The predicted molar refractivity (Wildman–Crippen MR) is 76.3 cm³/mol. The molecule has 0 aliphatic rings. The van der Waals surface area contributed by atoms with E-state index >= 15 is 0 Å². The van der Waals surface area contributed by atoms with Gasteiger partial charge in [-0.15, -0.1) is 0 Å². The molecule has 3 nitrogen and oxygen atoms in total. The zero-order valence-electron chi connectivity index (χ0n) is 11.6. The van der Waals surface area contributed by atoms with E-state index in [1.807, 2.05) is 24.3 Å². The van der Waals surface area contributed by atoms with Crippen LogP contribution in [0, 0.1) is 0 Å². The average molecular weight is 269 g/mol. The first-order chi connectivity index (χ1) is 8.20. The second-order valence-corrected chi connectivity index (χ2v) is 7.94. The van der Waals surface area contributed by atoms with E-state index in [0.29, 0.717) is 0 Å². The lowest BCUT2D eigenvalue weighted by Gasteiger charge is -2.30. The maximum Gasteiger partial charge on any atom is 0.154 e. The Labute approximate surface area is 110 Å². The van der Waals surface area contributed by atoms with Gasteiger partial charge in [-0.3, -0.25) is 0 Å². The van der Waals surface area contributed by atoms with Gasteiger partial charge in [0.2, 0.25) is 0 Å². The molecule has 102 valence electrons. The number of sulfone groups is 1. The van der Waals surface area contributed by atoms with E-state index in [0.717, 1.165) is 18.4 Å². The average Bonchev–Trinajstić information content (AvgIpc) is 2.27. The highest BCUT2D eigenvalue weighted by Crippen LogP contribution is 2.30. The Kier molecular flexibility index (Phi) is 4.56. The van der Waals surface area contributed by atoms with Crippen LogP contribution >= 0.6 is 0 Å². The minimum Gasteiger partial charge on any atom is -0.323 e. The van der Waals surface area contributed by atoms with Gasteiger partial charge in [0.15, 0.2) is 9.84 Å². The lowest BCUT2D eigenvalue weighted by molar-refractivity contribution is 0.496. The lowest BCUT2D eigenvalue weighted by Crippen LogP contribution is -2.42. The van der Waals surface area contributed by atoms with E-state index in [9.17, 15) is 8.42 Å². The Morgan fingerprint density at radius 2 is 1.94 bits per heavy atom. The van der Waals surface area contributed by atoms with Crippen LogP contribution in [0.3, 0.4) is 0 Å². The van der Waals surface area contributed by atoms with Crippen molar-refractivity contribution in [3.05, 3.63) is 35.4 Å². The number of benzene rings is 1. The van der Waals surface area contributed by atoms with E-state index in [4.69, 9.17) is 5.73 Å². The molecular weight excluding hydrogens is 246 g/mol. The van der Waals surface area contributed by atoms with E-state index in [-0.39, 0.29) is 0 Å². The van der Waals surface area contributed by atoms with E-state index < -0.39 is 20.6 Å². The first-order valence-corrected chi connectivity index (χ1v) is 8.13. The molecule has 0 aromatic heterocycles. The summed E-state index contributed by atoms with van der Waals surface area (Å²) in [5.74, 6) is 0. The van der Waals surface area contributed by atoms with E-state index in [2.05, 4.69) is 6.92 Å². The highest BCUT2D eigenvalue weighted by Gasteiger charge is 2.37. The summed E-state index contributed by atoms with van der Waals surface area (Å²) in [4.78, 5) is 0. The highest BCUT2D eigenvalue weighted by atomic mass is 32.2. The summed E-state index contributed by atoms with van der Waals surface area (Å²) in [5.41, 5.74) is 8.23. The molecular formula is C14H23NO2S. The Morgan fingerprint density at radius 1 is 1.33 bits per heavy atom. The molecule has 4 heteroatoms. The van der Waals surface area contributed by atoms with Gasteiger partial charge < -0.3 is 5.73 Å². The van der Waals surface area contributed by atoms with Gasteiger partial charge in [0, 0.05) is 12.3 Å². The van der Waals surface area contributed by atoms with Crippen LogP contribution in [0.1, 0.15) is 44.4 Å². The summed E-state index contributed by atoms with van der Waals surface area (Å²) >= 11 is 0. The first-order valence-electron chi connectivity index (χ1n) is 6.24. The molecule has 0 saturated carbocycles. The van der Waals surface area contributed by atoms with Crippen LogP contribution in [-0.4, -0.2) is 19.4 Å². The zero-order valence-corrected chi connectivity index (χ0v) is 12.4. The summed E-state index contributed by atoms with van der Waals surface area (Å²) in [6.45, 7) is 5.48. The molecule has 0 radical (unpaired) electrons. The van der Waals surface area contributed by atoms with Crippen LogP contribution in [-0.2, 0) is 16.3 Å². The minimum atomic E-state index is -3.20. The fraction of sp³-hybridized carbons (Fsp3) is 0.571. The predicted octanol–water partition coefficient (Wildman–Crippen LogP) is 2.46. The maximum absolute atomic E-state index is 11.8. The summed E-state index contributed by atoms with van der Waals surface area (Å²) in [7, 11) is -3.20. The second kappa shape index (κ2) is 5.41.